The van der Waals surface area contributed by atoms with E-state index in [4.69, 9.17) is 0 Å². The molecule has 0 bridgehead atoms. The number of hydrogen-bond donors (Lipinski definition) is 0. The highest BCUT2D eigenvalue weighted by molar-refractivity contribution is 8.04. The molecule has 160 valence electrons. The largest absolute Gasteiger partial charge is 0.114 e. The van der Waals surface area contributed by atoms with Crippen molar-refractivity contribution in [3.63, 3.8) is 0 Å². The number of thioether (sulfide) groups is 1. The predicted octanol–water partition coefficient (Wildman–Crippen LogP) is 9.07. The average Bonchev–Trinajstić information content (AvgIpc) is 3.21. The highest BCUT2D eigenvalue weighted by atomic mass is 32.2. The second kappa shape index (κ2) is 14.3. The lowest BCUT2D eigenvalue weighted by Gasteiger charge is -2.16. The fourth-order valence-corrected chi connectivity index (χ4v) is 4.02. The van der Waals surface area contributed by atoms with Gasteiger partial charge in [-0.1, -0.05) is 130 Å². The Morgan fingerprint density at radius 2 is 1.71 bits per heavy atom. The van der Waals surface area contributed by atoms with Gasteiger partial charge in [-0.3, -0.25) is 0 Å². The molecule has 2 rings (SSSR count). The molecule has 0 saturated carbocycles. The minimum absolute atomic E-state index is 0.155. The zero-order chi connectivity index (χ0) is 22.3. The van der Waals surface area contributed by atoms with E-state index in [-0.39, 0.29) is 5.25 Å². The Labute approximate surface area is 193 Å². The summed E-state index contributed by atoms with van der Waals surface area (Å²) in [5.74, 6) is 0. The van der Waals surface area contributed by atoms with Gasteiger partial charge in [-0.25, -0.2) is 0 Å². The van der Waals surface area contributed by atoms with E-state index in [0.717, 1.165) is 35.3 Å². The van der Waals surface area contributed by atoms with Crippen molar-refractivity contribution in [3.05, 3.63) is 144 Å². The Bertz CT molecular complexity index is 933. The van der Waals surface area contributed by atoms with Gasteiger partial charge in [0.25, 0.3) is 0 Å². The fourth-order valence-electron chi connectivity index (χ4n) is 3.02. The van der Waals surface area contributed by atoms with E-state index in [2.05, 4.69) is 130 Å². The molecule has 0 amide bonds. The summed E-state index contributed by atoms with van der Waals surface area (Å²) in [6.07, 6.45) is 39.3. The van der Waals surface area contributed by atoms with Gasteiger partial charge < -0.3 is 0 Å². The summed E-state index contributed by atoms with van der Waals surface area (Å²) in [7, 11) is 0. The standard InChI is InChI=1S/C30H34S/c1-5-7-9-13-17-25(3)30(22-8-6-2)31-26(4)27-18-14-11-10-12-15-19-28-20-16-21-29(28)24-23-27/h7-19,21-24,30H,3-6,20H2,1-2H3/b9-7-,11-10+,12-10?,14-11?,15-12+,17-13-,18-14-,19-15?,22-8-,24-23?,27-18?,27-23+,28-19-,29-24-. The molecule has 0 saturated heterocycles. The molecule has 0 aromatic carbocycles. The molecule has 1 unspecified atom stereocenters. The first-order valence-electron chi connectivity index (χ1n) is 11.0. The van der Waals surface area contributed by atoms with Crippen molar-refractivity contribution in [1.29, 1.82) is 0 Å². The van der Waals surface area contributed by atoms with Gasteiger partial charge in [0.15, 0.2) is 0 Å². The van der Waals surface area contributed by atoms with Crippen molar-refractivity contribution in [1.82, 2.24) is 0 Å². The summed E-state index contributed by atoms with van der Waals surface area (Å²) in [6.45, 7) is 13.0. The van der Waals surface area contributed by atoms with Gasteiger partial charge >= 0.3 is 0 Å². The fraction of sp³-hybridized carbons (Fsp3) is 0.200. The lowest BCUT2D eigenvalue weighted by molar-refractivity contribution is 1.19. The summed E-state index contributed by atoms with van der Waals surface area (Å²) in [4.78, 5) is 1.03. The molecule has 1 heteroatoms. The van der Waals surface area contributed by atoms with Gasteiger partial charge in [0.2, 0.25) is 0 Å². The molecule has 0 aromatic heterocycles. The van der Waals surface area contributed by atoms with E-state index < -0.39 is 0 Å². The van der Waals surface area contributed by atoms with Gasteiger partial charge in [0.05, 0.1) is 5.25 Å². The maximum atomic E-state index is 4.40. The van der Waals surface area contributed by atoms with E-state index in [9.17, 15) is 0 Å². The zero-order valence-electron chi connectivity index (χ0n) is 18.8. The Hall–Kier alpha value is -2.77. The molecule has 0 heterocycles. The Morgan fingerprint density at radius 1 is 0.935 bits per heavy atom. The molecule has 1 atom stereocenters. The van der Waals surface area contributed by atoms with E-state index in [1.165, 1.54) is 11.1 Å². The van der Waals surface area contributed by atoms with Crippen LogP contribution in [-0.2, 0) is 0 Å². The first-order chi connectivity index (χ1) is 15.2. The van der Waals surface area contributed by atoms with Crippen LogP contribution < -0.4 is 0 Å². The molecule has 0 fully saturated rings. The summed E-state index contributed by atoms with van der Waals surface area (Å²) in [5, 5.41) is 0.155. The molecule has 0 nitrogen and oxygen atoms in total. The van der Waals surface area contributed by atoms with Crippen molar-refractivity contribution in [2.45, 2.75) is 38.4 Å². The third kappa shape index (κ3) is 8.86. The molecule has 0 aliphatic heterocycles. The van der Waals surface area contributed by atoms with Gasteiger partial charge in [-0.05, 0) is 41.6 Å². The molecule has 2 aliphatic carbocycles. The van der Waals surface area contributed by atoms with Gasteiger partial charge in [0.1, 0.15) is 0 Å². The summed E-state index contributed by atoms with van der Waals surface area (Å²) >= 11 is 1.75. The molecular weight excluding hydrogens is 392 g/mol. The van der Waals surface area contributed by atoms with Crippen molar-refractivity contribution < 1.29 is 0 Å². The first-order valence-corrected chi connectivity index (χ1v) is 11.9. The van der Waals surface area contributed by atoms with Crippen molar-refractivity contribution >= 4 is 11.8 Å². The number of rotatable bonds is 9. The minimum atomic E-state index is 0.155. The number of fused-ring (bicyclic) bond motifs is 1. The quantitative estimate of drug-likeness (QED) is 0.262. The van der Waals surface area contributed by atoms with Crippen LogP contribution in [0.1, 0.15) is 33.1 Å². The van der Waals surface area contributed by atoms with E-state index >= 15 is 0 Å². The van der Waals surface area contributed by atoms with Crippen LogP contribution in [0.4, 0.5) is 0 Å². The van der Waals surface area contributed by atoms with Crippen LogP contribution in [0.25, 0.3) is 0 Å². The average molecular weight is 427 g/mol. The van der Waals surface area contributed by atoms with Crippen LogP contribution in [0, 0.1) is 0 Å². The van der Waals surface area contributed by atoms with Crippen molar-refractivity contribution in [2.75, 3.05) is 0 Å². The molecule has 0 spiro atoms. The molecule has 0 aromatic rings. The molecule has 31 heavy (non-hydrogen) atoms. The monoisotopic (exact) mass is 426 g/mol. The maximum absolute atomic E-state index is 4.40. The SMILES string of the molecule is C=C(SC(/C=C\CC)C(=C)/C=C\C=C/CC)C1=C/C=C2/C=CC/C2=C/C=C/C=C/C=C\1. The second-order valence-electron chi connectivity index (χ2n) is 7.24. The summed E-state index contributed by atoms with van der Waals surface area (Å²) in [5.41, 5.74) is 4.78. The first kappa shape index (κ1) is 24.5. The molecule has 0 radical (unpaired) electrons. The third-order valence-corrected chi connectivity index (χ3v) is 6.00. The van der Waals surface area contributed by atoms with E-state index in [1.54, 1.807) is 11.8 Å². The third-order valence-electron chi connectivity index (χ3n) is 4.76. The zero-order valence-corrected chi connectivity index (χ0v) is 19.7. The van der Waals surface area contributed by atoms with Crippen molar-refractivity contribution in [3.8, 4) is 0 Å². The number of hydrogen-bond acceptors (Lipinski definition) is 1. The van der Waals surface area contributed by atoms with Crippen molar-refractivity contribution in [2.24, 2.45) is 0 Å². The topological polar surface area (TPSA) is 0 Å². The molecule has 2 aliphatic rings. The summed E-state index contributed by atoms with van der Waals surface area (Å²) < 4.78 is 0. The van der Waals surface area contributed by atoms with E-state index in [1.807, 2.05) is 0 Å². The normalized spacial score (nSPS) is 25.5. The minimum Gasteiger partial charge on any atom is -0.114 e. The Morgan fingerprint density at radius 3 is 2.52 bits per heavy atom. The van der Waals surface area contributed by atoms with Gasteiger partial charge in [0, 0.05) is 4.91 Å². The lowest BCUT2D eigenvalue weighted by atomic mass is 10.1. The van der Waals surface area contributed by atoms with Crippen LogP contribution >= 0.6 is 11.8 Å². The molecule has 0 N–H and O–H groups in total. The summed E-state index contributed by atoms with van der Waals surface area (Å²) in [6, 6.07) is 0. The molecular formula is C30H34S. The Kier molecular flexibility index (Phi) is 11.3. The van der Waals surface area contributed by atoms with Crippen LogP contribution in [-0.4, -0.2) is 5.25 Å². The van der Waals surface area contributed by atoms with E-state index in [0.29, 0.717) is 0 Å². The highest BCUT2D eigenvalue weighted by Gasteiger charge is 2.12. The van der Waals surface area contributed by atoms with Gasteiger partial charge in [-0.2, -0.15) is 0 Å². The second-order valence-corrected chi connectivity index (χ2v) is 8.48. The van der Waals surface area contributed by atoms with Gasteiger partial charge in [-0.15, -0.1) is 11.8 Å². The smallest absolute Gasteiger partial charge is 0.0518 e. The Balaban J connectivity index is 2.26. The van der Waals surface area contributed by atoms with Crippen LogP contribution in [0.5, 0.6) is 0 Å². The lowest BCUT2D eigenvalue weighted by Crippen LogP contribution is -2.01. The maximum Gasteiger partial charge on any atom is 0.0518 e. The predicted molar refractivity (Wildman–Crippen MR) is 143 cm³/mol. The van der Waals surface area contributed by atoms with Crippen LogP contribution in [0.15, 0.2) is 144 Å². The van der Waals surface area contributed by atoms with Crippen LogP contribution in [0.3, 0.4) is 0 Å². The van der Waals surface area contributed by atoms with Crippen LogP contribution in [0.2, 0.25) is 0 Å². The number of allylic oxidation sites excluding steroid dienone is 19. The highest BCUT2D eigenvalue weighted by Crippen LogP contribution is 2.33.